The number of amides is 2. The Bertz CT molecular complexity index is 360. The minimum Gasteiger partial charge on any atom is -0.314 e. The lowest BCUT2D eigenvalue weighted by molar-refractivity contribution is -0.148. The lowest BCUT2D eigenvalue weighted by Crippen LogP contribution is -2.66. The van der Waals surface area contributed by atoms with Crippen LogP contribution in [-0.4, -0.2) is 47.4 Å². The van der Waals surface area contributed by atoms with Gasteiger partial charge in [0.15, 0.2) is 0 Å². The van der Waals surface area contributed by atoms with Gasteiger partial charge in [-0.2, -0.15) is 0 Å². The van der Waals surface area contributed by atoms with Gasteiger partial charge in [-0.3, -0.25) is 19.8 Å². The molecule has 0 aromatic rings. The van der Waals surface area contributed by atoms with E-state index in [9.17, 15) is 9.59 Å². The first-order valence-corrected chi connectivity index (χ1v) is 7.29. The molecule has 2 amide bonds. The number of nitrogens with one attached hydrogen (secondary N) is 2. The maximum absolute atomic E-state index is 12.0. The fourth-order valence-electron chi connectivity index (χ4n) is 3.27. The summed E-state index contributed by atoms with van der Waals surface area (Å²) < 4.78 is 0. The highest BCUT2D eigenvalue weighted by Gasteiger charge is 2.44. The Hall–Kier alpha value is -0.940. The Balaban J connectivity index is 2.01. The van der Waals surface area contributed by atoms with Crippen LogP contribution in [0.25, 0.3) is 0 Å². The zero-order chi connectivity index (χ0) is 14.0. The highest BCUT2D eigenvalue weighted by molar-refractivity contribution is 6.02. The standard InChI is InChI=1S/C14H25N3O2/c1-4-15-10-5-7-11(8-6-10)17-9-12(18)16-13(19)14(17,2)3/h10-11,15H,4-9H2,1-3H3,(H,16,18,19). The van der Waals surface area contributed by atoms with E-state index in [-0.39, 0.29) is 11.8 Å². The van der Waals surface area contributed by atoms with Crippen LogP contribution in [0.3, 0.4) is 0 Å². The third-order valence-electron chi connectivity index (χ3n) is 4.47. The van der Waals surface area contributed by atoms with Crippen LogP contribution in [0.1, 0.15) is 46.5 Å². The van der Waals surface area contributed by atoms with Crippen molar-refractivity contribution in [2.45, 2.75) is 64.1 Å². The van der Waals surface area contributed by atoms with Crippen molar-refractivity contribution in [1.82, 2.24) is 15.5 Å². The number of imide groups is 1. The van der Waals surface area contributed by atoms with Crippen LogP contribution in [0.5, 0.6) is 0 Å². The van der Waals surface area contributed by atoms with E-state index in [4.69, 9.17) is 0 Å². The fourth-order valence-corrected chi connectivity index (χ4v) is 3.27. The molecule has 0 aromatic carbocycles. The molecule has 1 aliphatic carbocycles. The highest BCUT2D eigenvalue weighted by Crippen LogP contribution is 2.30. The van der Waals surface area contributed by atoms with Crippen molar-refractivity contribution in [2.24, 2.45) is 0 Å². The highest BCUT2D eigenvalue weighted by atomic mass is 16.2. The minimum absolute atomic E-state index is 0.168. The largest absolute Gasteiger partial charge is 0.314 e. The summed E-state index contributed by atoms with van der Waals surface area (Å²) in [6.45, 7) is 7.29. The minimum atomic E-state index is -0.580. The molecule has 0 bridgehead atoms. The monoisotopic (exact) mass is 267 g/mol. The third kappa shape index (κ3) is 2.98. The van der Waals surface area contributed by atoms with Gasteiger partial charge in [0.1, 0.15) is 0 Å². The second-order valence-electron chi connectivity index (χ2n) is 6.13. The molecule has 5 heteroatoms. The van der Waals surface area contributed by atoms with Crippen molar-refractivity contribution in [1.29, 1.82) is 0 Å². The van der Waals surface area contributed by atoms with Crippen LogP contribution in [0.2, 0.25) is 0 Å². The average Bonchev–Trinajstić information content (AvgIpc) is 2.36. The van der Waals surface area contributed by atoms with Gasteiger partial charge in [-0.05, 0) is 46.1 Å². The van der Waals surface area contributed by atoms with E-state index in [1.54, 1.807) is 0 Å². The molecule has 2 fully saturated rings. The van der Waals surface area contributed by atoms with Crippen LogP contribution < -0.4 is 10.6 Å². The Morgan fingerprint density at radius 1 is 1.26 bits per heavy atom. The molecule has 0 aromatic heterocycles. The number of nitrogens with zero attached hydrogens (tertiary/aromatic N) is 1. The molecule has 0 unspecified atom stereocenters. The summed E-state index contributed by atoms with van der Waals surface area (Å²) in [5.41, 5.74) is -0.580. The van der Waals surface area contributed by atoms with E-state index in [1.165, 1.54) is 0 Å². The van der Waals surface area contributed by atoms with Crippen molar-refractivity contribution in [2.75, 3.05) is 13.1 Å². The van der Waals surface area contributed by atoms with Crippen LogP contribution in [-0.2, 0) is 9.59 Å². The molecule has 108 valence electrons. The van der Waals surface area contributed by atoms with Crippen LogP contribution in [0.15, 0.2) is 0 Å². The molecule has 2 N–H and O–H groups in total. The van der Waals surface area contributed by atoms with Crippen molar-refractivity contribution in [3.8, 4) is 0 Å². The van der Waals surface area contributed by atoms with Gasteiger partial charge in [-0.1, -0.05) is 6.92 Å². The number of hydrogen-bond acceptors (Lipinski definition) is 4. The molecular weight excluding hydrogens is 242 g/mol. The zero-order valence-corrected chi connectivity index (χ0v) is 12.2. The van der Waals surface area contributed by atoms with E-state index in [1.807, 2.05) is 13.8 Å². The second-order valence-corrected chi connectivity index (χ2v) is 6.13. The molecular formula is C14H25N3O2. The first-order chi connectivity index (χ1) is 8.95. The molecule has 1 aliphatic heterocycles. The molecule has 0 radical (unpaired) electrons. The number of carbonyl (C=O) groups is 2. The molecule has 0 spiro atoms. The van der Waals surface area contributed by atoms with Crippen LogP contribution >= 0.6 is 0 Å². The summed E-state index contributed by atoms with van der Waals surface area (Å²) in [6.07, 6.45) is 4.37. The van der Waals surface area contributed by atoms with Crippen molar-refractivity contribution in [3.05, 3.63) is 0 Å². The summed E-state index contributed by atoms with van der Waals surface area (Å²) in [6, 6.07) is 0.943. The quantitative estimate of drug-likeness (QED) is 0.737. The second kappa shape index (κ2) is 5.59. The van der Waals surface area contributed by atoms with E-state index in [0.717, 1.165) is 32.2 Å². The lowest BCUT2D eigenvalue weighted by Gasteiger charge is -2.47. The third-order valence-corrected chi connectivity index (χ3v) is 4.47. The van der Waals surface area contributed by atoms with Gasteiger partial charge in [0, 0.05) is 12.1 Å². The summed E-state index contributed by atoms with van der Waals surface area (Å²) in [7, 11) is 0. The number of hydrogen-bond donors (Lipinski definition) is 2. The molecule has 0 atom stereocenters. The predicted octanol–water partition coefficient (Wildman–Crippen LogP) is 0.644. The number of piperazine rings is 1. The molecule has 2 aliphatic rings. The van der Waals surface area contributed by atoms with Gasteiger partial charge in [-0.15, -0.1) is 0 Å². The van der Waals surface area contributed by atoms with E-state index in [2.05, 4.69) is 22.5 Å². The average molecular weight is 267 g/mol. The predicted molar refractivity (Wildman–Crippen MR) is 73.7 cm³/mol. The summed E-state index contributed by atoms with van der Waals surface area (Å²) in [5, 5.41) is 5.92. The van der Waals surface area contributed by atoms with E-state index < -0.39 is 5.54 Å². The molecule has 1 saturated carbocycles. The smallest absolute Gasteiger partial charge is 0.246 e. The molecule has 2 rings (SSSR count). The summed E-state index contributed by atoms with van der Waals surface area (Å²) in [5.74, 6) is -0.337. The van der Waals surface area contributed by atoms with Gasteiger partial charge >= 0.3 is 0 Å². The van der Waals surface area contributed by atoms with Gasteiger partial charge in [0.2, 0.25) is 11.8 Å². The van der Waals surface area contributed by atoms with Crippen molar-refractivity contribution in [3.63, 3.8) is 0 Å². The van der Waals surface area contributed by atoms with Crippen molar-refractivity contribution >= 4 is 11.8 Å². The van der Waals surface area contributed by atoms with Crippen molar-refractivity contribution < 1.29 is 9.59 Å². The summed E-state index contributed by atoms with van der Waals surface area (Å²) >= 11 is 0. The first kappa shape index (κ1) is 14.5. The molecule has 1 saturated heterocycles. The maximum Gasteiger partial charge on any atom is 0.246 e. The Labute approximate surface area is 115 Å². The molecule has 5 nitrogen and oxygen atoms in total. The van der Waals surface area contributed by atoms with Gasteiger partial charge < -0.3 is 5.32 Å². The fraction of sp³-hybridized carbons (Fsp3) is 0.857. The van der Waals surface area contributed by atoms with Crippen LogP contribution in [0, 0.1) is 0 Å². The maximum atomic E-state index is 12.0. The lowest BCUT2D eigenvalue weighted by atomic mass is 9.86. The van der Waals surface area contributed by atoms with Gasteiger partial charge in [0.05, 0.1) is 12.1 Å². The Kier molecular flexibility index (Phi) is 4.26. The van der Waals surface area contributed by atoms with Crippen LogP contribution in [0.4, 0.5) is 0 Å². The number of carbonyl (C=O) groups excluding carboxylic acids is 2. The van der Waals surface area contributed by atoms with E-state index in [0.29, 0.717) is 18.6 Å². The Morgan fingerprint density at radius 3 is 2.47 bits per heavy atom. The first-order valence-electron chi connectivity index (χ1n) is 7.29. The zero-order valence-electron chi connectivity index (χ0n) is 12.2. The molecule has 19 heavy (non-hydrogen) atoms. The van der Waals surface area contributed by atoms with E-state index >= 15 is 0 Å². The van der Waals surface area contributed by atoms with Gasteiger partial charge in [0.25, 0.3) is 0 Å². The normalized spacial score (nSPS) is 32.2. The topological polar surface area (TPSA) is 61.4 Å². The SMILES string of the molecule is CCNC1CCC(N2CC(=O)NC(=O)C2(C)C)CC1. The summed E-state index contributed by atoms with van der Waals surface area (Å²) in [4.78, 5) is 25.6. The Morgan fingerprint density at radius 2 is 1.89 bits per heavy atom. The molecule has 1 heterocycles. The van der Waals surface area contributed by atoms with Gasteiger partial charge in [-0.25, -0.2) is 0 Å². The number of rotatable bonds is 3.